The summed E-state index contributed by atoms with van der Waals surface area (Å²) in [5.41, 5.74) is 1.07. The Bertz CT molecular complexity index is 249. The van der Waals surface area contributed by atoms with Gasteiger partial charge in [-0.1, -0.05) is 33.3 Å². The summed E-state index contributed by atoms with van der Waals surface area (Å²) in [5.74, 6) is 0. The Hall–Kier alpha value is 0.856. The van der Waals surface area contributed by atoms with Crippen molar-refractivity contribution in [3.8, 4) is 0 Å². The first-order chi connectivity index (χ1) is 5.24. The summed E-state index contributed by atoms with van der Waals surface area (Å²) >= 11 is 11.2. The third-order valence-corrected chi connectivity index (χ3v) is 3.27. The van der Waals surface area contributed by atoms with Crippen LogP contribution < -0.4 is 0 Å². The minimum atomic E-state index is -0.493. The Morgan fingerprint density at radius 3 is 2.64 bits per heavy atom. The summed E-state index contributed by atoms with van der Waals surface area (Å²) in [6.45, 7) is 0. The van der Waals surface area contributed by atoms with Crippen LogP contribution in [0.25, 0.3) is 0 Å². The number of benzene rings is 1. The van der Waals surface area contributed by atoms with Crippen LogP contribution in [-0.2, 0) is 4.55 Å². The molecular weight excluding hydrogens is 215 g/mol. The van der Waals surface area contributed by atoms with Crippen molar-refractivity contribution in [1.82, 2.24) is 0 Å². The molecule has 0 spiro atoms. The zero-order valence-corrected chi connectivity index (χ0v) is 9.46. The van der Waals surface area contributed by atoms with E-state index in [1.54, 1.807) is 12.1 Å². The highest BCUT2D eigenvalue weighted by atomic mass is 35.5. The van der Waals surface area contributed by atoms with E-state index in [1.807, 2.05) is 6.07 Å². The Labute approximate surface area is 89.3 Å². The molecule has 0 saturated heterocycles. The van der Waals surface area contributed by atoms with Gasteiger partial charge in [0.15, 0.2) is 0 Å². The Morgan fingerprint density at radius 2 is 2.00 bits per heavy atom. The molecule has 0 aromatic heterocycles. The molecule has 0 aliphatic carbocycles. The fraction of sp³-hybridized carbons (Fsp3) is 0.143. The molecule has 0 amide bonds. The van der Waals surface area contributed by atoms with Gasteiger partial charge >= 0.3 is 19.3 Å². The van der Waals surface area contributed by atoms with Gasteiger partial charge in [-0.25, -0.2) is 0 Å². The van der Waals surface area contributed by atoms with Crippen molar-refractivity contribution >= 4 is 51.5 Å². The predicted molar refractivity (Wildman–Crippen MR) is 51.8 cm³/mol. The third-order valence-electron chi connectivity index (χ3n) is 1.37. The average Bonchev–Trinajstić information content (AvgIpc) is 1.98. The fourth-order valence-corrected chi connectivity index (χ4v) is 2.63. The lowest BCUT2D eigenvalue weighted by Gasteiger charge is -2.00. The Kier molecular flexibility index (Phi) is 4.32. The van der Waals surface area contributed by atoms with Crippen molar-refractivity contribution in [2.24, 2.45) is 0 Å². The van der Waals surface area contributed by atoms with Crippen molar-refractivity contribution in [3.05, 3.63) is 33.8 Å². The summed E-state index contributed by atoms with van der Waals surface area (Å²) in [7, 11) is 5.70. The van der Waals surface area contributed by atoms with Crippen LogP contribution in [0.3, 0.4) is 0 Å². The van der Waals surface area contributed by atoms with Gasteiger partial charge in [-0.2, -0.15) is 0 Å². The summed E-state index contributed by atoms with van der Waals surface area (Å²) in [5, 5.41) is 1.49. The quantitative estimate of drug-likeness (QED) is 0.670. The number of hydrogen-bond donors (Lipinski definition) is 0. The van der Waals surface area contributed by atoms with Crippen LogP contribution in [0.2, 0.25) is 10.0 Å². The largest absolute Gasteiger partial charge is 0.505 e. The fourth-order valence-electron chi connectivity index (χ4n) is 0.837. The van der Waals surface area contributed by atoms with E-state index in [4.69, 9.17) is 32.3 Å². The normalized spacial score (nSPS) is 9.36. The van der Waals surface area contributed by atoms with Gasteiger partial charge in [0.05, 0.1) is 0 Å². The van der Waals surface area contributed by atoms with Crippen LogP contribution in [-0.4, -0.2) is 19.3 Å². The molecule has 0 unspecified atom stereocenters. The molecule has 0 N–H and O–H groups in total. The summed E-state index contributed by atoms with van der Waals surface area (Å²) in [6, 6.07) is 5.46. The van der Waals surface area contributed by atoms with E-state index < -0.39 is 19.3 Å². The molecule has 0 saturated carbocycles. The molecule has 1 rings (SSSR count). The van der Waals surface area contributed by atoms with Gasteiger partial charge in [-0.05, 0) is 18.2 Å². The maximum atomic E-state index is 5.88. The van der Waals surface area contributed by atoms with E-state index in [1.165, 1.54) is 0 Å². The predicted octanol–water partition coefficient (Wildman–Crippen LogP) is 3.35. The topological polar surface area (TPSA) is 0 Å². The smallest absolute Gasteiger partial charge is 0.345 e. The minimum absolute atomic E-state index is 0.493. The maximum Gasteiger partial charge on any atom is 0.505 e. The van der Waals surface area contributed by atoms with Gasteiger partial charge in [0.25, 0.3) is 0 Å². The van der Waals surface area contributed by atoms with Gasteiger partial charge in [0.1, 0.15) is 0 Å². The third kappa shape index (κ3) is 3.00. The number of halogens is 3. The van der Waals surface area contributed by atoms with Crippen molar-refractivity contribution in [3.63, 3.8) is 0 Å². The van der Waals surface area contributed by atoms with Crippen LogP contribution in [0.1, 0.15) is 5.56 Å². The van der Waals surface area contributed by atoms with Crippen LogP contribution in [0.15, 0.2) is 18.2 Å². The zero-order valence-electron chi connectivity index (χ0n) is 5.78. The molecule has 56 valence electrons. The molecular formula is C7H5Cl3Mg. The van der Waals surface area contributed by atoms with Gasteiger partial charge in [0.2, 0.25) is 0 Å². The number of rotatable bonds is 2. The SMILES string of the molecule is [Cl][Mg][CH2]c1cc(Cl)ccc1Cl. The van der Waals surface area contributed by atoms with Crippen LogP contribution in [0, 0.1) is 0 Å². The summed E-state index contributed by atoms with van der Waals surface area (Å²) in [4.78, 5) is 0. The molecule has 0 fully saturated rings. The summed E-state index contributed by atoms with van der Waals surface area (Å²) < 4.78 is 0.904. The average molecular weight is 220 g/mol. The molecule has 1 aromatic rings. The monoisotopic (exact) mass is 218 g/mol. The standard InChI is InChI=1S/C7H5Cl2.ClH.Mg/c1-5-4-6(8)2-3-7(5)9;;/h2-4H,1H2;1H;/q;;+1/p-1. The molecule has 1 aromatic carbocycles. The molecule has 0 nitrogen and oxygen atoms in total. The molecule has 0 radical (unpaired) electrons. The van der Waals surface area contributed by atoms with Crippen LogP contribution in [0.4, 0.5) is 0 Å². The van der Waals surface area contributed by atoms with E-state index in [-0.39, 0.29) is 0 Å². The van der Waals surface area contributed by atoms with Gasteiger partial charge in [-0.15, -0.1) is 0 Å². The van der Waals surface area contributed by atoms with Gasteiger partial charge in [0, 0.05) is 10.0 Å². The molecule has 0 aliphatic rings. The lowest BCUT2D eigenvalue weighted by atomic mass is 10.2. The second-order valence-corrected chi connectivity index (χ2v) is 5.03. The van der Waals surface area contributed by atoms with E-state index in [0.29, 0.717) is 0 Å². The van der Waals surface area contributed by atoms with Crippen molar-refractivity contribution < 1.29 is 0 Å². The molecule has 4 heteroatoms. The van der Waals surface area contributed by atoms with Crippen LogP contribution >= 0.6 is 32.3 Å². The van der Waals surface area contributed by atoms with E-state index in [9.17, 15) is 0 Å². The second kappa shape index (κ2) is 4.78. The van der Waals surface area contributed by atoms with Crippen molar-refractivity contribution in [2.45, 2.75) is 4.55 Å². The zero-order chi connectivity index (χ0) is 8.27. The molecule has 11 heavy (non-hydrogen) atoms. The Morgan fingerprint density at radius 1 is 1.27 bits per heavy atom. The first-order valence-electron chi connectivity index (χ1n) is 3.24. The lowest BCUT2D eigenvalue weighted by molar-refractivity contribution is 1.40. The summed E-state index contributed by atoms with van der Waals surface area (Å²) in [6.07, 6.45) is 0. The first kappa shape index (κ1) is 9.94. The second-order valence-electron chi connectivity index (χ2n) is 2.17. The van der Waals surface area contributed by atoms with Gasteiger partial charge < -0.3 is 9.07 Å². The van der Waals surface area contributed by atoms with Crippen molar-refractivity contribution in [1.29, 1.82) is 0 Å². The van der Waals surface area contributed by atoms with E-state index in [0.717, 1.165) is 20.2 Å². The van der Waals surface area contributed by atoms with E-state index >= 15 is 0 Å². The highest BCUT2D eigenvalue weighted by Crippen LogP contribution is 2.20. The Balaban J connectivity index is 2.93. The van der Waals surface area contributed by atoms with Crippen molar-refractivity contribution in [2.75, 3.05) is 0 Å². The highest BCUT2D eigenvalue weighted by Gasteiger charge is 2.01. The minimum Gasteiger partial charge on any atom is -0.345 e. The van der Waals surface area contributed by atoms with Gasteiger partial charge in [-0.3, -0.25) is 0 Å². The first-order valence-corrected chi connectivity index (χ1v) is 7.13. The molecule has 0 heterocycles. The van der Waals surface area contributed by atoms with Crippen LogP contribution in [0.5, 0.6) is 0 Å². The molecule has 0 bridgehead atoms. The maximum absolute atomic E-state index is 5.88. The highest BCUT2D eigenvalue weighted by molar-refractivity contribution is 6.93. The molecule has 0 atom stereocenters. The van der Waals surface area contributed by atoms with E-state index in [2.05, 4.69) is 0 Å². The molecule has 0 aliphatic heterocycles. The number of hydrogen-bond acceptors (Lipinski definition) is 0. The lowest BCUT2D eigenvalue weighted by Crippen LogP contribution is -1.89.